The van der Waals surface area contributed by atoms with Gasteiger partial charge in [-0.3, -0.25) is 9.59 Å². The second-order valence-corrected chi connectivity index (χ2v) is 17.3. The van der Waals surface area contributed by atoms with Gasteiger partial charge in [0.2, 0.25) is 0 Å². The highest BCUT2D eigenvalue weighted by atomic mass is 16.1. The van der Waals surface area contributed by atoms with Gasteiger partial charge in [0.25, 0.3) is 0 Å². The van der Waals surface area contributed by atoms with E-state index >= 15 is 0 Å². The number of ketones is 2. The molecule has 0 heterocycles. The van der Waals surface area contributed by atoms with Crippen molar-refractivity contribution >= 4 is 11.6 Å². The van der Waals surface area contributed by atoms with E-state index in [1.807, 2.05) is 32.9 Å². The summed E-state index contributed by atoms with van der Waals surface area (Å²) in [6.45, 7) is 26.2. The van der Waals surface area contributed by atoms with Crippen LogP contribution in [-0.4, -0.2) is 11.6 Å². The zero-order chi connectivity index (χ0) is 40.9. The number of hydrogen-bond acceptors (Lipinski definition) is 2. The van der Waals surface area contributed by atoms with Gasteiger partial charge in [-0.05, 0) is 183 Å². The predicted octanol–water partition coefficient (Wildman–Crippen LogP) is 16.5. The van der Waals surface area contributed by atoms with Gasteiger partial charge in [0.1, 0.15) is 0 Å². The fourth-order valence-electron chi connectivity index (χ4n) is 7.26. The maximum absolute atomic E-state index is 13.3. The molecular formula is C53H78O2. The van der Waals surface area contributed by atoms with Gasteiger partial charge in [-0.15, -0.1) is 0 Å². The van der Waals surface area contributed by atoms with Gasteiger partial charge in [-0.1, -0.05) is 114 Å². The molecule has 0 bridgehead atoms. The fourth-order valence-corrected chi connectivity index (χ4v) is 7.26. The standard InChI is InChI=1S/C53H78O2/c1-38(2)20-13-21-39(3)22-14-23-40(4)24-15-25-41(5)26-16-27-42(6)28-17-29-43(7)30-18-31-44(8)32-19-33-45(9)34-36-49-48(12)52(54)51-47(11)46(10)35-37-50(51)53(49)55/h22,24,26,28,30,32,34-35,37-38H,13-21,23,25,27,29,31,33,36H2,1-12H3. The zero-order valence-corrected chi connectivity index (χ0v) is 37.4. The summed E-state index contributed by atoms with van der Waals surface area (Å²) in [6.07, 6.45) is 34.5. The maximum atomic E-state index is 13.3. The smallest absolute Gasteiger partial charge is 0.190 e. The highest BCUT2D eigenvalue weighted by Crippen LogP contribution is 2.32. The average molecular weight is 747 g/mol. The first-order valence-corrected chi connectivity index (χ1v) is 21.6. The Morgan fingerprint density at radius 3 is 1.25 bits per heavy atom. The Bertz CT molecular complexity index is 1690. The minimum Gasteiger partial charge on any atom is -0.289 e. The summed E-state index contributed by atoms with van der Waals surface area (Å²) in [6, 6.07) is 3.77. The molecule has 0 radical (unpaired) electrons. The molecule has 0 aliphatic heterocycles. The highest BCUT2D eigenvalue weighted by molar-refractivity contribution is 6.27. The summed E-state index contributed by atoms with van der Waals surface area (Å²) in [7, 11) is 0. The summed E-state index contributed by atoms with van der Waals surface area (Å²) < 4.78 is 0. The van der Waals surface area contributed by atoms with Crippen LogP contribution < -0.4 is 0 Å². The van der Waals surface area contributed by atoms with Gasteiger partial charge < -0.3 is 0 Å². The topological polar surface area (TPSA) is 34.1 Å². The van der Waals surface area contributed by atoms with E-state index in [-0.39, 0.29) is 11.6 Å². The monoisotopic (exact) mass is 747 g/mol. The van der Waals surface area contributed by atoms with Crippen LogP contribution in [-0.2, 0) is 0 Å². The Morgan fingerprint density at radius 1 is 0.509 bits per heavy atom. The lowest BCUT2D eigenvalue weighted by molar-refractivity contribution is 0.0972. The van der Waals surface area contributed by atoms with Crippen LogP contribution in [0.4, 0.5) is 0 Å². The molecule has 0 atom stereocenters. The Kier molecular flexibility index (Phi) is 22.2. The third kappa shape index (κ3) is 18.3. The molecule has 0 N–H and O–H groups in total. The number of rotatable bonds is 24. The van der Waals surface area contributed by atoms with Crippen LogP contribution in [0.15, 0.2) is 105 Å². The van der Waals surface area contributed by atoms with Crippen LogP contribution in [0.2, 0.25) is 0 Å². The van der Waals surface area contributed by atoms with E-state index in [9.17, 15) is 9.59 Å². The Morgan fingerprint density at radius 2 is 0.873 bits per heavy atom. The van der Waals surface area contributed by atoms with Crippen molar-refractivity contribution in [3.63, 3.8) is 0 Å². The normalized spacial score (nSPS) is 15.5. The number of allylic oxidation sites excluding steroid dienone is 16. The van der Waals surface area contributed by atoms with Crippen LogP contribution in [0.25, 0.3) is 0 Å². The number of carbonyl (C=O) groups excluding carboxylic acids is 2. The van der Waals surface area contributed by atoms with Gasteiger partial charge in [0.15, 0.2) is 11.6 Å². The number of aryl methyl sites for hydroxylation is 1. The van der Waals surface area contributed by atoms with Crippen molar-refractivity contribution in [1.29, 1.82) is 0 Å². The van der Waals surface area contributed by atoms with E-state index in [1.54, 1.807) is 5.57 Å². The third-order valence-corrected chi connectivity index (χ3v) is 11.5. The van der Waals surface area contributed by atoms with Gasteiger partial charge in [0.05, 0.1) is 0 Å². The summed E-state index contributed by atoms with van der Waals surface area (Å²) in [5.74, 6) is 0.819. The Balaban J connectivity index is 1.65. The summed E-state index contributed by atoms with van der Waals surface area (Å²) in [5.41, 5.74) is 14.6. The van der Waals surface area contributed by atoms with Crippen molar-refractivity contribution < 1.29 is 9.59 Å². The minimum atomic E-state index is 0.00148. The molecule has 2 nitrogen and oxygen atoms in total. The molecule has 0 spiro atoms. The molecule has 0 aromatic heterocycles. The largest absolute Gasteiger partial charge is 0.289 e. The van der Waals surface area contributed by atoms with Crippen LogP contribution in [0, 0.1) is 19.8 Å². The average Bonchev–Trinajstić information content (AvgIpc) is 3.11. The quantitative estimate of drug-likeness (QED) is 0.0987. The lowest BCUT2D eigenvalue weighted by Gasteiger charge is -2.21. The first kappa shape index (κ1) is 47.6. The maximum Gasteiger partial charge on any atom is 0.190 e. The molecule has 2 rings (SSSR count). The Hall–Kier alpha value is -3.52. The first-order chi connectivity index (χ1) is 26.1. The van der Waals surface area contributed by atoms with Crippen LogP contribution >= 0.6 is 0 Å². The van der Waals surface area contributed by atoms with Gasteiger partial charge in [-0.25, -0.2) is 0 Å². The second-order valence-electron chi connectivity index (χ2n) is 17.3. The summed E-state index contributed by atoms with van der Waals surface area (Å²) in [4.78, 5) is 26.4. The van der Waals surface area contributed by atoms with Crippen LogP contribution in [0.5, 0.6) is 0 Å². The van der Waals surface area contributed by atoms with E-state index in [1.165, 1.54) is 72.0 Å². The molecule has 1 aromatic rings. The molecule has 302 valence electrons. The molecule has 1 aromatic carbocycles. The van der Waals surface area contributed by atoms with Crippen molar-refractivity contribution in [2.24, 2.45) is 5.92 Å². The van der Waals surface area contributed by atoms with Crippen molar-refractivity contribution in [2.75, 3.05) is 0 Å². The number of hydrogen-bond donors (Lipinski definition) is 0. The Labute approximate surface area is 338 Å². The first-order valence-electron chi connectivity index (χ1n) is 21.6. The van der Waals surface area contributed by atoms with Crippen molar-refractivity contribution in [3.8, 4) is 0 Å². The fraction of sp³-hybridized carbons (Fsp3) is 0.547. The van der Waals surface area contributed by atoms with E-state index in [0.717, 1.165) is 74.8 Å². The van der Waals surface area contributed by atoms with Crippen molar-refractivity contribution in [1.82, 2.24) is 0 Å². The van der Waals surface area contributed by atoms with E-state index < -0.39 is 0 Å². The van der Waals surface area contributed by atoms with Crippen molar-refractivity contribution in [2.45, 2.75) is 186 Å². The number of fused-ring (bicyclic) bond motifs is 1. The molecule has 55 heavy (non-hydrogen) atoms. The van der Waals surface area contributed by atoms with Crippen LogP contribution in [0.1, 0.15) is 204 Å². The number of Topliss-reactive ketones (excluding diaryl/α,β-unsaturated/α-hetero) is 2. The third-order valence-electron chi connectivity index (χ3n) is 11.5. The molecule has 1 aliphatic carbocycles. The van der Waals surface area contributed by atoms with E-state index in [4.69, 9.17) is 0 Å². The molecule has 0 saturated heterocycles. The molecular weight excluding hydrogens is 669 g/mol. The molecule has 0 fully saturated rings. The lowest BCUT2D eigenvalue weighted by Crippen LogP contribution is -2.22. The molecule has 0 unspecified atom stereocenters. The second kappa shape index (κ2) is 25.6. The lowest BCUT2D eigenvalue weighted by atomic mass is 9.80. The summed E-state index contributed by atoms with van der Waals surface area (Å²) >= 11 is 0. The molecule has 2 heteroatoms. The molecule has 0 amide bonds. The van der Waals surface area contributed by atoms with Gasteiger partial charge in [-0.2, -0.15) is 0 Å². The van der Waals surface area contributed by atoms with Crippen molar-refractivity contribution in [3.05, 3.63) is 127 Å². The minimum absolute atomic E-state index is 0.00148. The number of carbonyl (C=O) groups is 2. The molecule has 0 saturated carbocycles. The van der Waals surface area contributed by atoms with E-state index in [0.29, 0.717) is 28.7 Å². The van der Waals surface area contributed by atoms with Crippen LogP contribution in [0.3, 0.4) is 0 Å². The predicted molar refractivity (Wildman–Crippen MR) is 242 cm³/mol. The highest BCUT2D eigenvalue weighted by Gasteiger charge is 2.30. The van der Waals surface area contributed by atoms with Gasteiger partial charge >= 0.3 is 0 Å². The molecule has 1 aliphatic rings. The number of benzene rings is 1. The zero-order valence-electron chi connectivity index (χ0n) is 37.4. The van der Waals surface area contributed by atoms with Gasteiger partial charge in [0, 0.05) is 22.3 Å². The SMILES string of the molecule is CC(=CCCC(C)=CCCC(C)=CCCC(C)=CCC1=C(C)C(=O)c2c(ccc(C)c2C)C1=O)CCC=C(C)CCC=C(C)CCC=C(C)CCCC(C)C. The summed E-state index contributed by atoms with van der Waals surface area (Å²) in [5, 5.41) is 0. The van der Waals surface area contributed by atoms with E-state index in [2.05, 4.69) is 105 Å².